The molecule has 0 aliphatic heterocycles. The van der Waals surface area contributed by atoms with E-state index in [4.69, 9.17) is 0 Å². The van der Waals surface area contributed by atoms with Gasteiger partial charge >= 0.3 is 0 Å². The highest BCUT2D eigenvalue weighted by molar-refractivity contribution is 9.10. The summed E-state index contributed by atoms with van der Waals surface area (Å²) in [5.41, 5.74) is 1.06. The molecule has 1 nitrogen and oxygen atoms in total. The number of benzene rings is 1. The third-order valence-corrected chi connectivity index (χ3v) is 2.41. The van der Waals surface area contributed by atoms with Crippen LogP contribution in [0.15, 0.2) is 28.7 Å². The van der Waals surface area contributed by atoms with Crippen molar-refractivity contribution < 1.29 is 0 Å². The zero-order chi connectivity index (χ0) is 9.19. The molecule has 1 aromatic rings. The summed E-state index contributed by atoms with van der Waals surface area (Å²) < 4.78 is 4.32. The predicted octanol–water partition coefficient (Wildman–Crippen LogP) is 3.07. The molecule has 0 amide bonds. The van der Waals surface area contributed by atoms with Crippen LogP contribution >= 0.6 is 25.3 Å². The highest BCUT2D eigenvalue weighted by atomic mass is 79.9. The van der Waals surface area contributed by atoms with Gasteiger partial charge in [-0.25, -0.2) is 0 Å². The van der Waals surface area contributed by atoms with E-state index in [0.29, 0.717) is 0 Å². The molecule has 0 saturated carbocycles. The SMILES string of the molecule is C=S(=C)(C)Nc1cccc(Br)c1. The summed E-state index contributed by atoms with van der Waals surface area (Å²) in [5.74, 6) is 7.88. The lowest BCUT2D eigenvalue weighted by molar-refractivity contribution is 1.63. The minimum atomic E-state index is -1.16. The Kier molecular flexibility index (Phi) is 2.85. The lowest BCUT2D eigenvalue weighted by Crippen LogP contribution is -1.91. The Morgan fingerprint density at radius 3 is 2.58 bits per heavy atom. The van der Waals surface area contributed by atoms with Crippen LogP contribution in [0.4, 0.5) is 5.69 Å². The van der Waals surface area contributed by atoms with E-state index in [9.17, 15) is 0 Å². The second kappa shape index (κ2) is 3.54. The molecule has 0 unspecified atom stereocenters. The van der Waals surface area contributed by atoms with Crippen molar-refractivity contribution in [2.45, 2.75) is 0 Å². The van der Waals surface area contributed by atoms with Crippen molar-refractivity contribution >= 4 is 42.8 Å². The van der Waals surface area contributed by atoms with E-state index in [1.54, 1.807) is 0 Å². The van der Waals surface area contributed by atoms with Crippen LogP contribution in [0.25, 0.3) is 0 Å². The van der Waals surface area contributed by atoms with Gasteiger partial charge in [-0.05, 0) is 24.5 Å². The second-order valence-electron chi connectivity index (χ2n) is 2.89. The Labute approximate surface area is 82.5 Å². The van der Waals surface area contributed by atoms with Gasteiger partial charge < -0.3 is 4.72 Å². The van der Waals surface area contributed by atoms with E-state index in [1.807, 2.05) is 30.5 Å². The van der Waals surface area contributed by atoms with Gasteiger partial charge in [-0.1, -0.05) is 33.7 Å². The average molecular weight is 246 g/mol. The van der Waals surface area contributed by atoms with Crippen molar-refractivity contribution in [1.82, 2.24) is 0 Å². The van der Waals surface area contributed by atoms with Crippen LogP contribution in [0, 0.1) is 0 Å². The fourth-order valence-electron chi connectivity index (χ4n) is 0.836. The number of rotatable bonds is 2. The van der Waals surface area contributed by atoms with Gasteiger partial charge in [0.25, 0.3) is 0 Å². The maximum Gasteiger partial charge on any atom is 0.0442 e. The Hall–Kier alpha value is -0.410. The normalized spacial score (nSPS) is 11.2. The molecule has 0 radical (unpaired) electrons. The summed E-state index contributed by atoms with van der Waals surface area (Å²) in [5, 5.41) is 0. The smallest absolute Gasteiger partial charge is 0.0442 e. The third kappa shape index (κ3) is 3.32. The lowest BCUT2D eigenvalue weighted by Gasteiger charge is -2.11. The van der Waals surface area contributed by atoms with E-state index in [1.165, 1.54) is 0 Å². The average Bonchev–Trinajstić information content (AvgIpc) is 1.82. The van der Waals surface area contributed by atoms with Crippen LogP contribution in [0.2, 0.25) is 0 Å². The van der Waals surface area contributed by atoms with Crippen LogP contribution in [0.5, 0.6) is 0 Å². The van der Waals surface area contributed by atoms with Crippen molar-refractivity contribution in [3.63, 3.8) is 0 Å². The molecule has 1 rings (SSSR count). The molecule has 0 spiro atoms. The zero-order valence-corrected chi connectivity index (χ0v) is 9.41. The second-order valence-corrected chi connectivity index (χ2v) is 6.56. The molecule has 0 aliphatic rings. The molecule has 0 saturated heterocycles. The van der Waals surface area contributed by atoms with Gasteiger partial charge in [-0.3, -0.25) is 0 Å². The largest absolute Gasteiger partial charge is 0.342 e. The highest BCUT2D eigenvalue weighted by Crippen LogP contribution is 2.21. The standard InChI is InChI=1S/C9H12BrNS/c1-12(2,3)11-9-6-4-5-8(10)7-9/h4-7,11H,1-2H2,3H3. The van der Waals surface area contributed by atoms with E-state index < -0.39 is 9.39 Å². The van der Waals surface area contributed by atoms with Crippen molar-refractivity contribution in [2.24, 2.45) is 0 Å². The van der Waals surface area contributed by atoms with Gasteiger partial charge in [-0.15, -0.1) is 9.39 Å². The summed E-state index contributed by atoms with van der Waals surface area (Å²) in [6.07, 6.45) is 2.01. The fraction of sp³-hybridized carbons (Fsp3) is 0.111. The van der Waals surface area contributed by atoms with Crippen LogP contribution in [-0.2, 0) is 0 Å². The minimum absolute atomic E-state index is 1.06. The fourth-order valence-corrected chi connectivity index (χ4v) is 1.93. The molecular weight excluding hydrogens is 234 g/mol. The quantitative estimate of drug-likeness (QED) is 0.791. The Morgan fingerprint density at radius 2 is 2.08 bits per heavy atom. The molecule has 0 fully saturated rings. The molecule has 0 bridgehead atoms. The Balaban J connectivity index is 2.91. The maximum atomic E-state index is 3.94. The number of nitrogens with one attached hydrogen (secondary N) is 1. The van der Waals surface area contributed by atoms with Gasteiger partial charge in [-0.2, -0.15) is 0 Å². The molecule has 0 aliphatic carbocycles. The topological polar surface area (TPSA) is 12.0 Å². The molecule has 66 valence electrons. The van der Waals surface area contributed by atoms with Crippen molar-refractivity contribution in [3.05, 3.63) is 28.7 Å². The molecule has 3 heteroatoms. The number of halogens is 1. The van der Waals surface area contributed by atoms with Gasteiger partial charge in [0.05, 0.1) is 0 Å². The molecule has 0 aromatic heterocycles. The van der Waals surface area contributed by atoms with Crippen LogP contribution in [0.3, 0.4) is 0 Å². The third-order valence-electron chi connectivity index (χ3n) is 1.19. The monoisotopic (exact) mass is 245 g/mol. The summed E-state index contributed by atoms with van der Waals surface area (Å²) in [6, 6.07) is 8.00. The first-order valence-electron chi connectivity index (χ1n) is 3.45. The highest BCUT2D eigenvalue weighted by Gasteiger charge is 1.92. The zero-order valence-electron chi connectivity index (χ0n) is 7.01. The van der Waals surface area contributed by atoms with E-state index >= 15 is 0 Å². The van der Waals surface area contributed by atoms with Crippen LogP contribution in [-0.4, -0.2) is 18.0 Å². The van der Waals surface area contributed by atoms with Gasteiger partial charge in [0.2, 0.25) is 0 Å². The first-order chi connectivity index (χ1) is 5.47. The Bertz CT molecular complexity index is 368. The Morgan fingerprint density at radius 1 is 1.42 bits per heavy atom. The van der Waals surface area contributed by atoms with Crippen LogP contribution < -0.4 is 4.72 Å². The summed E-state index contributed by atoms with van der Waals surface area (Å²) in [7, 11) is -1.16. The molecular formula is C9H12BrNS. The predicted molar refractivity (Wildman–Crippen MR) is 65.5 cm³/mol. The summed E-state index contributed by atoms with van der Waals surface area (Å²) in [6.45, 7) is 0. The maximum absolute atomic E-state index is 3.94. The van der Waals surface area contributed by atoms with E-state index in [2.05, 4.69) is 32.4 Å². The first kappa shape index (κ1) is 9.68. The van der Waals surface area contributed by atoms with Gasteiger partial charge in [0.15, 0.2) is 0 Å². The van der Waals surface area contributed by atoms with Crippen molar-refractivity contribution in [2.75, 3.05) is 11.0 Å². The van der Waals surface area contributed by atoms with Gasteiger partial charge in [0, 0.05) is 10.2 Å². The minimum Gasteiger partial charge on any atom is -0.342 e. The van der Waals surface area contributed by atoms with Crippen molar-refractivity contribution in [1.29, 1.82) is 0 Å². The number of hydrogen-bond acceptors (Lipinski definition) is 1. The number of hydrogen-bond donors (Lipinski definition) is 1. The molecule has 1 aromatic carbocycles. The van der Waals surface area contributed by atoms with Crippen LogP contribution in [0.1, 0.15) is 0 Å². The number of anilines is 1. The summed E-state index contributed by atoms with van der Waals surface area (Å²) in [4.78, 5) is 0. The van der Waals surface area contributed by atoms with Crippen molar-refractivity contribution in [3.8, 4) is 0 Å². The van der Waals surface area contributed by atoms with E-state index in [0.717, 1.165) is 10.2 Å². The molecule has 1 N–H and O–H groups in total. The first-order valence-corrected chi connectivity index (χ1v) is 6.62. The van der Waals surface area contributed by atoms with E-state index in [-0.39, 0.29) is 0 Å². The molecule has 0 atom stereocenters. The summed E-state index contributed by atoms with van der Waals surface area (Å²) >= 11 is 3.40. The molecule has 0 heterocycles. The van der Waals surface area contributed by atoms with Gasteiger partial charge in [0.1, 0.15) is 0 Å². The molecule has 12 heavy (non-hydrogen) atoms. The lowest BCUT2D eigenvalue weighted by atomic mass is 10.3.